The Morgan fingerprint density at radius 2 is 2.13 bits per heavy atom. The van der Waals surface area contributed by atoms with Crippen molar-refractivity contribution in [1.29, 1.82) is 0 Å². The van der Waals surface area contributed by atoms with Crippen molar-refractivity contribution in [1.82, 2.24) is 14.5 Å². The number of aromatic nitrogens is 2. The van der Waals surface area contributed by atoms with Gasteiger partial charge in [-0.3, -0.25) is 9.59 Å². The van der Waals surface area contributed by atoms with Gasteiger partial charge in [-0.25, -0.2) is 4.98 Å². The van der Waals surface area contributed by atoms with Gasteiger partial charge in [0.1, 0.15) is 11.7 Å². The normalized spacial score (nSPS) is 17.3. The van der Waals surface area contributed by atoms with E-state index < -0.39 is 0 Å². The van der Waals surface area contributed by atoms with Gasteiger partial charge >= 0.3 is 0 Å². The number of amides is 1. The van der Waals surface area contributed by atoms with Crippen LogP contribution in [0.1, 0.15) is 22.5 Å². The van der Waals surface area contributed by atoms with Gasteiger partial charge < -0.3 is 14.2 Å². The lowest BCUT2D eigenvalue weighted by Gasteiger charge is -2.17. The SMILES string of the molecule is Cc1cccc(OC2CCN(C(=O)c3cccn(C)c3=O)C2)n1. The number of carbonyl (C=O) groups is 1. The fourth-order valence-electron chi connectivity index (χ4n) is 2.69. The van der Waals surface area contributed by atoms with Gasteiger partial charge in [0.15, 0.2) is 0 Å². The molecule has 6 nitrogen and oxygen atoms in total. The van der Waals surface area contributed by atoms with Crippen molar-refractivity contribution in [3.8, 4) is 5.88 Å². The lowest BCUT2D eigenvalue weighted by Crippen LogP contribution is -2.35. The second-order valence-corrected chi connectivity index (χ2v) is 5.73. The van der Waals surface area contributed by atoms with Crippen molar-refractivity contribution in [2.45, 2.75) is 19.4 Å². The van der Waals surface area contributed by atoms with Crippen LogP contribution in [0.3, 0.4) is 0 Å². The Bertz CT molecular complexity index is 785. The highest BCUT2D eigenvalue weighted by Crippen LogP contribution is 2.18. The molecule has 0 spiro atoms. The summed E-state index contributed by atoms with van der Waals surface area (Å²) in [5.41, 5.74) is 0.813. The number of hydrogen-bond donors (Lipinski definition) is 0. The summed E-state index contributed by atoms with van der Waals surface area (Å²) in [6, 6.07) is 8.88. The van der Waals surface area contributed by atoms with Crippen molar-refractivity contribution >= 4 is 5.91 Å². The summed E-state index contributed by atoms with van der Waals surface area (Å²) in [6.07, 6.45) is 2.27. The van der Waals surface area contributed by atoms with Gasteiger partial charge in [-0.2, -0.15) is 0 Å². The monoisotopic (exact) mass is 313 g/mol. The smallest absolute Gasteiger partial charge is 0.263 e. The molecule has 2 aromatic heterocycles. The third-order valence-electron chi connectivity index (χ3n) is 3.94. The molecule has 0 aliphatic carbocycles. The minimum Gasteiger partial charge on any atom is -0.472 e. The number of aryl methyl sites for hydroxylation is 2. The zero-order chi connectivity index (χ0) is 16.4. The topological polar surface area (TPSA) is 64.4 Å². The molecule has 1 aliphatic heterocycles. The highest BCUT2D eigenvalue weighted by Gasteiger charge is 2.29. The quantitative estimate of drug-likeness (QED) is 0.859. The first kappa shape index (κ1) is 15.3. The van der Waals surface area contributed by atoms with Gasteiger partial charge in [0.25, 0.3) is 11.5 Å². The van der Waals surface area contributed by atoms with Gasteiger partial charge in [0.2, 0.25) is 5.88 Å². The molecule has 0 bridgehead atoms. The molecule has 0 saturated carbocycles. The molecule has 1 fully saturated rings. The Morgan fingerprint density at radius 3 is 2.91 bits per heavy atom. The highest BCUT2D eigenvalue weighted by atomic mass is 16.5. The van der Waals surface area contributed by atoms with Crippen LogP contribution in [0.5, 0.6) is 5.88 Å². The van der Waals surface area contributed by atoms with Gasteiger partial charge in [0, 0.05) is 38.0 Å². The van der Waals surface area contributed by atoms with E-state index in [4.69, 9.17) is 4.74 Å². The van der Waals surface area contributed by atoms with Crippen LogP contribution in [-0.2, 0) is 7.05 Å². The van der Waals surface area contributed by atoms with E-state index in [1.54, 1.807) is 30.3 Å². The molecular formula is C17H19N3O3. The molecule has 23 heavy (non-hydrogen) atoms. The Kier molecular flexibility index (Phi) is 4.14. The summed E-state index contributed by atoms with van der Waals surface area (Å²) in [5.74, 6) is 0.328. The molecule has 2 aromatic rings. The number of rotatable bonds is 3. The van der Waals surface area contributed by atoms with E-state index in [-0.39, 0.29) is 23.1 Å². The Balaban J connectivity index is 1.69. The van der Waals surface area contributed by atoms with Crippen molar-refractivity contribution in [2.75, 3.05) is 13.1 Å². The van der Waals surface area contributed by atoms with Crippen LogP contribution in [0.25, 0.3) is 0 Å². The van der Waals surface area contributed by atoms with Crippen molar-refractivity contribution in [3.63, 3.8) is 0 Å². The predicted octanol–water partition coefficient (Wildman–Crippen LogP) is 1.38. The maximum atomic E-state index is 12.5. The van der Waals surface area contributed by atoms with Crippen molar-refractivity contribution < 1.29 is 9.53 Å². The first-order valence-electron chi connectivity index (χ1n) is 7.60. The summed E-state index contributed by atoms with van der Waals surface area (Å²) in [4.78, 5) is 30.5. The molecular weight excluding hydrogens is 294 g/mol. The summed E-state index contributed by atoms with van der Waals surface area (Å²) in [6.45, 7) is 2.95. The van der Waals surface area contributed by atoms with E-state index >= 15 is 0 Å². The molecule has 0 radical (unpaired) electrons. The van der Waals surface area contributed by atoms with Crippen LogP contribution in [0.15, 0.2) is 41.3 Å². The Morgan fingerprint density at radius 1 is 1.30 bits per heavy atom. The van der Waals surface area contributed by atoms with Gasteiger partial charge in [-0.1, -0.05) is 6.07 Å². The number of pyridine rings is 2. The Hall–Kier alpha value is -2.63. The third kappa shape index (κ3) is 3.26. The molecule has 120 valence electrons. The zero-order valence-corrected chi connectivity index (χ0v) is 13.2. The highest BCUT2D eigenvalue weighted by molar-refractivity contribution is 5.94. The van der Waals surface area contributed by atoms with Crippen LogP contribution < -0.4 is 10.3 Å². The summed E-state index contributed by atoms with van der Waals surface area (Å²) >= 11 is 0. The molecule has 0 aromatic carbocycles. The molecule has 1 atom stereocenters. The van der Waals surface area contributed by atoms with E-state index in [1.165, 1.54) is 4.57 Å². The molecule has 3 heterocycles. The second-order valence-electron chi connectivity index (χ2n) is 5.73. The van der Waals surface area contributed by atoms with Gasteiger partial charge in [-0.15, -0.1) is 0 Å². The van der Waals surface area contributed by atoms with Gasteiger partial charge in [-0.05, 0) is 25.1 Å². The average Bonchev–Trinajstić information content (AvgIpc) is 2.98. The van der Waals surface area contributed by atoms with E-state index in [1.807, 2.05) is 25.1 Å². The molecule has 1 unspecified atom stereocenters. The number of nitrogens with zero attached hydrogens (tertiary/aromatic N) is 3. The molecule has 1 aliphatic rings. The van der Waals surface area contributed by atoms with E-state index in [0.29, 0.717) is 19.0 Å². The first-order valence-corrected chi connectivity index (χ1v) is 7.60. The van der Waals surface area contributed by atoms with Gasteiger partial charge in [0.05, 0.1) is 6.54 Å². The fraction of sp³-hybridized carbons (Fsp3) is 0.353. The number of hydrogen-bond acceptors (Lipinski definition) is 4. The average molecular weight is 313 g/mol. The summed E-state index contributed by atoms with van der Waals surface area (Å²) in [5, 5.41) is 0. The lowest BCUT2D eigenvalue weighted by molar-refractivity contribution is 0.0769. The van der Waals surface area contributed by atoms with Crippen molar-refractivity contribution in [3.05, 3.63) is 58.1 Å². The molecule has 0 N–H and O–H groups in total. The van der Waals surface area contributed by atoms with E-state index in [2.05, 4.69) is 4.98 Å². The predicted molar refractivity (Wildman–Crippen MR) is 85.6 cm³/mol. The second kappa shape index (κ2) is 6.24. The van der Waals surface area contributed by atoms with Crippen LogP contribution >= 0.6 is 0 Å². The van der Waals surface area contributed by atoms with E-state index in [9.17, 15) is 9.59 Å². The standard InChI is InChI=1S/C17H19N3O3/c1-12-5-3-7-15(18-12)23-13-8-10-20(11-13)17(22)14-6-4-9-19(2)16(14)21/h3-7,9,13H,8,10-11H2,1-2H3. The zero-order valence-electron chi connectivity index (χ0n) is 13.2. The van der Waals surface area contributed by atoms with Crippen LogP contribution in [0.4, 0.5) is 0 Å². The van der Waals surface area contributed by atoms with Crippen LogP contribution in [0, 0.1) is 6.92 Å². The third-order valence-corrected chi connectivity index (χ3v) is 3.94. The van der Waals surface area contributed by atoms with Crippen LogP contribution in [-0.4, -0.2) is 39.6 Å². The molecule has 1 saturated heterocycles. The fourth-order valence-corrected chi connectivity index (χ4v) is 2.69. The first-order chi connectivity index (χ1) is 11.0. The summed E-state index contributed by atoms with van der Waals surface area (Å²) < 4.78 is 7.25. The minimum absolute atomic E-state index is 0.0965. The number of likely N-dealkylation sites (tertiary alicyclic amines) is 1. The molecule has 1 amide bonds. The number of carbonyl (C=O) groups excluding carboxylic acids is 1. The summed E-state index contributed by atoms with van der Waals surface area (Å²) in [7, 11) is 1.64. The number of ether oxygens (including phenoxy) is 1. The maximum Gasteiger partial charge on any atom is 0.263 e. The Labute approximate surface area is 134 Å². The van der Waals surface area contributed by atoms with E-state index in [0.717, 1.165) is 12.1 Å². The van der Waals surface area contributed by atoms with Crippen molar-refractivity contribution in [2.24, 2.45) is 7.05 Å². The molecule has 6 heteroatoms. The minimum atomic E-state index is -0.276. The maximum absolute atomic E-state index is 12.5. The molecule has 3 rings (SSSR count). The largest absolute Gasteiger partial charge is 0.472 e. The lowest BCUT2D eigenvalue weighted by atomic mass is 10.2. The van der Waals surface area contributed by atoms with Crippen LogP contribution in [0.2, 0.25) is 0 Å².